The Bertz CT molecular complexity index is 514. The summed E-state index contributed by atoms with van der Waals surface area (Å²) in [6.45, 7) is 4.83. The van der Waals surface area contributed by atoms with E-state index in [2.05, 4.69) is 5.32 Å². The molecule has 1 N–H and O–H groups in total. The highest BCUT2D eigenvalue weighted by Crippen LogP contribution is 2.31. The molecule has 1 fully saturated rings. The van der Waals surface area contributed by atoms with Gasteiger partial charge < -0.3 is 10.2 Å². The third kappa shape index (κ3) is 5.70. The van der Waals surface area contributed by atoms with Gasteiger partial charge in [-0.1, -0.05) is 25.1 Å². The van der Waals surface area contributed by atoms with E-state index in [1.807, 2.05) is 0 Å². The maximum Gasteiger partial charge on any atom is 0.416 e. The summed E-state index contributed by atoms with van der Waals surface area (Å²) in [5.41, 5.74) is -0.112. The number of amides is 1. The molecule has 1 amide bonds. The summed E-state index contributed by atoms with van der Waals surface area (Å²) < 4.78 is 38.2. The lowest BCUT2D eigenvalue weighted by Gasteiger charge is -2.22. The van der Waals surface area contributed by atoms with E-state index in [1.54, 1.807) is 17.9 Å². The van der Waals surface area contributed by atoms with Crippen LogP contribution >= 0.6 is 12.4 Å². The lowest BCUT2D eigenvalue weighted by atomic mass is 9.95. The summed E-state index contributed by atoms with van der Waals surface area (Å²) in [6, 6.07) is 5.24. The Morgan fingerprint density at radius 1 is 1.30 bits per heavy atom. The topological polar surface area (TPSA) is 32.3 Å². The number of benzene rings is 1. The van der Waals surface area contributed by atoms with Crippen molar-refractivity contribution in [2.45, 2.75) is 31.9 Å². The lowest BCUT2D eigenvalue weighted by Crippen LogP contribution is -2.34. The third-order valence-electron chi connectivity index (χ3n) is 3.96. The Balaban J connectivity index is 0.00000264. The smallest absolute Gasteiger partial charge is 0.341 e. The molecule has 1 unspecified atom stereocenters. The molecule has 1 saturated heterocycles. The van der Waals surface area contributed by atoms with Gasteiger partial charge in [-0.15, -0.1) is 12.4 Å². The Kier molecular flexibility index (Phi) is 7.35. The van der Waals surface area contributed by atoms with Crippen molar-refractivity contribution >= 4 is 18.3 Å². The molecular weight excluding hydrogens is 329 g/mol. The van der Waals surface area contributed by atoms with E-state index in [9.17, 15) is 18.0 Å². The fourth-order valence-electron chi connectivity index (χ4n) is 2.63. The number of rotatable bonds is 3. The van der Waals surface area contributed by atoms with E-state index in [0.717, 1.165) is 31.6 Å². The number of carbonyl (C=O) groups excluding carboxylic acids is 1. The van der Waals surface area contributed by atoms with Crippen LogP contribution in [0.3, 0.4) is 0 Å². The van der Waals surface area contributed by atoms with Gasteiger partial charge in [-0.05, 0) is 30.5 Å². The number of hydrogen-bond donors (Lipinski definition) is 1. The summed E-state index contributed by atoms with van der Waals surface area (Å²) in [6.07, 6.45) is -3.21. The Morgan fingerprint density at radius 3 is 2.74 bits per heavy atom. The van der Waals surface area contributed by atoms with Gasteiger partial charge >= 0.3 is 6.18 Å². The summed E-state index contributed by atoms with van der Waals surface area (Å²) in [5, 5.41) is 3.22. The third-order valence-corrected chi connectivity index (χ3v) is 3.96. The molecule has 0 aliphatic carbocycles. The van der Waals surface area contributed by atoms with Gasteiger partial charge in [0.2, 0.25) is 5.91 Å². The first-order valence-electron chi connectivity index (χ1n) is 7.53. The van der Waals surface area contributed by atoms with Gasteiger partial charge in [0.15, 0.2) is 0 Å². The molecule has 130 valence electrons. The maximum atomic E-state index is 12.7. The molecule has 3 nitrogen and oxygen atoms in total. The molecule has 0 spiro atoms. The minimum Gasteiger partial charge on any atom is -0.341 e. The van der Waals surface area contributed by atoms with Crippen molar-refractivity contribution in [2.24, 2.45) is 0 Å². The second-order valence-electron chi connectivity index (χ2n) is 5.71. The van der Waals surface area contributed by atoms with E-state index < -0.39 is 11.7 Å². The van der Waals surface area contributed by atoms with Crippen molar-refractivity contribution in [3.05, 3.63) is 35.4 Å². The van der Waals surface area contributed by atoms with Gasteiger partial charge in [-0.3, -0.25) is 4.79 Å². The highest BCUT2D eigenvalue weighted by molar-refractivity contribution is 5.85. The SMILES string of the molecule is CC(CC(=O)N1CCCNCC1)c1cccc(C(F)(F)F)c1.Cl. The van der Waals surface area contributed by atoms with Crippen molar-refractivity contribution in [2.75, 3.05) is 26.2 Å². The average Bonchev–Trinajstić information content (AvgIpc) is 2.75. The lowest BCUT2D eigenvalue weighted by molar-refractivity contribution is -0.137. The Morgan fingerprint density at radius 2 is 2.04 bits per heavy atom. The molecule has 0 bridgehead atoms. The van der Waals surface area contributed by atoms with Gasteiger partial charge in [-0.25, -0.2) is 0 Å². The molecule has 1 atom stereocenters. The van der Waals surface area contributed by atoms with Crippen molar-refractivity contribution < 1.29 is 18.0 Å². The van der Waals surface area contributed by atoms with Crippen molar-refractivity contribution in [3.63, 3.8) is 0 Å². The fraction of sp³-hybridized carbons (Fsp3) is 0.562. The van der Waals surface area contributed by atoms with Crippen molar-refractivity contribution in [3.8, 4) is 0 Å². The second kappa shape index (κ2) is 8.55. The monoisotopic (exact) mass is 350 g/mol. The largest absolute Gasteiger partial charge is 0.416 e. The molecule has 1 aliphatic rings. The maximum absolute atomic E-state index is 12.7. The summed E-state index contributed by atoms with van der Waals surface area (Å²) in [5.74, 6) is -0.223. The zero-order valence-electron chi connectivity index (χ0n) is 13.0. The van der Waals surface area contributed by atoms with E-state index in [4.69, 9.17) is 0 Å². The van der Waals surface area contributed by atoms with Crippen LogP contribution in [0, 0.1) is 0 Å². The number of halogens is 4. The second-order valence-corrected chi connectivity index (χ2v) is 5.71. The Hall–Kier alpha value is -1.27. The van der Waals surface area contributed by atoms with Crippen LogP contribution in [0.2, 0.25) is 0 Å². The first kappa shape index (κ1) is 19.8. The van der Waals surface area contributed by atoms with Crippen molar-refractivity contribution in [1.82, 2.24) is 10.2 Å². The summed E-state index contributed by atoms with van der Waals surface area (Å²) in [7, 11) is 0. The minimum absolute atomic E-state index is 0. The van der Waals surface area contributed by atoms with Gasteiger partial charge in [0, 0.05) is 26.1 Å². The standard InChI is InChI=1S/C16H21F3N2O.ClH/c1-12(10-15(22)21-8-3-6-20-7-9-21)13-4-2-5-14(11-13)16(17,18)19;/h2,4-5,11-12,20H,3,6-10H2,1H3;1H. The summed E-state index contributed by atoms with van der Waals surface area (Å²) in [4.78, 5) is 14.1. The van der Waals surface area contributed by atoms with Crippen LogP contribution in [-0.4, -0.2) is 37.0 Å². The molecule has 1 heterocycles. The van der Waals surface area contributed by atoms with E-state index in [-0.39, 0.29) is 30.7 Å². The average molecular weight is 351 g/mol. The van der Waals surface area contributed by atoms with Crippen LogP contribution in [0.4, 0.5) is 13.2 Å². The quantitative estimate of drug-likeness (QED) is 0.905. The highest BCUT2D eigenvalue weighted by atomic mass is 35.5. The number of alkyl halides is 3. The number of nitrogens with one attached hydrogen (secondary N) is 1. The zero-order chi connectivity index (χ0) is 16.2. The number of carbonyl (C=O) groups is 1. The van der Waals surface area contributed by atoms with E-state index in [1.165, 1.54) is 6.07 Å². The highest BCUT2D eigenvalue weighted by Gasteiger charge is 2.31. The number of nitrogens with zero attached hydrogens (tertiary/aromatic N) is 1. The van der Waals surface area contributed by atoms with E-state index in [0.29, 0.717) is 18.7 Å². The first-order valence-corrected chi connectivity index (χ1v) is 7.53. The number of hydrogen-bond acceptors (Lipinski definition) is 2. The molecule has 23 heavy (non-hydrogen) atoms. The fourth-order valence-corrected chi connectivity index (χ4v) is 2.63. The minimum atomic E-state index is -4.35. The Labute approximate surface area is 140 Å². The first-order chi connectivity index (χ1) is 10.4. The molecule has 1 aromatic carbocycles. The molecule has 1 aromatic rings. The molecule has 2 rings (SSSR count). The molecule has 7 heteroatoms. The predicted octanol–water partition coefficient (Wildman–Crippen LogP) is 3.44. The zero-order valence-corrected chi connectivity index (χ0v) is 13.8. The van der Waals surface area contributed by atoms with Crippen LogP contribution in [0.1, 0.15) is 36.8 Å². The van der Waals surface area contributed by atoms with Gasteiger partial charge in [0.05, 0.1) is 5.56 Å². The van der Waals surface area contributed by atoms with Gasteiger partial charge in [0.1, 0.15) is 0 Å². The van der Waals surface area contributed by atoms with Crippen LogP contribution in [0.25, 0.3) is 0 Å². The van der Waals surface area contributed by atoms with Crippen LogP contribution < -0.4 is 5.32 Å². The van der Waals surface area contributed by atoms with E-state index >= 15 is 0 Å². The predicted molar refractivity (Wildman–Crippen MR) is 85.8 cm³/mol. The molecule has 0 aromatic heterocycles. The molecular formula is C16H22ClF3N2O. The molecule has 0 radical (unpaired) electrons. The van der Waals surface area contributed by atoms with Gasteiger partial charge in [0.25, 0.3) is 0 Å². The molecule has 1 aliphatic heterocycles. The molecule has 0 saturated carbocycles. The van der Waals surface area contributed by atoms with Crippen LogP contribution in [0.5, 0.6) is 0 Å². The summed E-state index contributed by atoms with van der Waals surface area (Å²) >= 11 is 0. The van der Waals surface area contributed by atoms with Crippen LogP contribution in [-0.2, 0) is 11.0 Å². The normalized spacial score (nSPS) is 17.1. The van der Waals surface area contributed by atoms with Crippen LogP contribution in [0.15, 0.2) is 24.3 Å². The van der Waals surface area contributed by atoms with Gasteiger partial charge in [-0.2, -0.15) is 13.2 Å². The van der Waals surface area contributed by atoms with Crippen molar-refractivity contribution in [1.29, 1.82) is 0 Å².